The number of aromatic nitrogens is 1. The van der Waals surface area contributed by atoms with Crippen molar-refractivity contribution < 1.29 is 9.21 Å². The number of ketones is 1. The van der Waals surface area contributed by atoms with E-state index in [0.29, 0.717) is 28.5 Å². The quantitative estimate of drug-likeness (QED) is 0.658. The average Bonchev–Trinajstić information content (AvgIpc) is 2.39. The zero-order valence-corrected chi connectivity index (χ0v) is 10.3. The van der Waals surface area contributed by atoms with E-state index >= 15 is 0 Å². The van der Waals surface area contributed by atoms with E-state index in [1.54, 1.807) is 36.5 Å². The topological polar surface area (TPSA) is 60.2 Å². The fourth-order valence-electron chi connectivity index (χ4n) is 2.14. The molecule has 0 saturated heterocycles. The summed E-state index contributed by atoms with van der Waals surface area (Å²) < 4.78 is 5.59. The van der Waals surface area contributed by atoms with E-state index in [-0.39, 0.29) is 11.2 Å². The summed E-state index contributed by atoms with van der Waals surface area (Å²) in [5.74, 6) is 0.0613. The molecule has 0 fully saturated rings. The molecule has 0 aliphatic heterocycles. The number of hydrogen-bond acceptors (Lipinski definition) is 4. The number of carbonyl (C=O) groups is 1. The van der Waals surface area contributed by atoms with Gasteiger partial charge in [0.2, 0.25) is 11.1 Å². The fraction of sp³-hybridized carbons (Fsp3) is 0.133. The Morgan fingerprint density at radius 3 is 2.89 bits per heavy atom. The Morgan fingerprint density at radius 1 is 1.26 bits per heavy atom. The molecule has 0 N–H and O–H groups in total. The van der Waals surface area contributed by atoms with Crippen LogP contribution in [0.2, 0.25) is 0 Å². The molecule has 0 saturated carbocycles. The van der Waals surface area contributed by atoms with Crippen LogP contribution >= 0.6 is 0 Å². The first-order chi connectivity index (χ1) is 9.15. The van der Waals surface area contributed by atoms with E-state index < -0.39 is 0 Å². The van der Waals surface area contributed by atoms with E-state index in [1.807, 2.05) is 0 Å². The minimum absolute atomic E-state index is 0.0613. The van der Waals surface area contributed by atoms with Crippen molar-refractivity contribution in [1.82, 2.24) is 4.98 Å². The van der Waals surface area contributed by atoms with Crippen molar-refractivity contribution in [2.45, 2.75) is 13.3 Å². The largest absolute Gasteiger partial charge is 0.437 e. The van der Waals surface area contributed by atoms with Gasteiger partial charge in [0.15, 0.2) is 0 Å². The number of benzene rings is 1. The van der Waals surface area contributed by atoms with Gasteiger partial charge in [-0.2, -0.15) is 0 Å². The lowest BCUT2D eigenvalue weighted by Gasteiger charge is -2.02. The maximum atomic E-state index is 12.3. The maximum Gasteiger partial charge on any atom is 0.230 e. The van der Waals surface area contributed by atoms with Gasteiger partial charge in [-0.05, 0) is 36.8 Å². The molecule has 2 heterocycles. The van der Waals surface area contributed by atoms with E-state index in [9.17, 15) is 9.59 Å². The Balaban J connectivity index is 2.33. The zero-order chi connectivity index (χ0) is 13.4. The molecule has 0 radical (unpaired) electrons. The molecular formula is C15H11NO3. The van der Waals surface area contributed by atoms with Gasteiger partial charge in [0.1, 0.15) is 11.4 Å². The van der Waals surface area contributed by atoms with Gasteiger partial charge in [0, 0.05) is 12.6 Å². The summed E-state index contributed by atoms with van der Waals surface area (Å²) in [7, 11) is 0. The van der Waals surface area contributed by atoms with Crippen molar-refractivity contribution in [2.75, 3.05) is 0 Å². The third-order valence-electron chi connectivity index (χ3n) is 2.96. The average molecular weight is 253 g/mol. The third-order valence-corrected chi connectivity index (χ3v) is 2.96. The van der Waals surface area contributed by atoms with Crippen molar-refractivity contribution in [3.05, 3.63) is 52.3 Å². The Kier molecular flexibility index (Phi) is 2.63. The Labute approximate surface area is 108 Å². The van der Waals surface area contributed by atoms with Crippen LogP contribution in [-0.2, 0) is 11.2 Å². The second-order valence-electron chi connectivity index (χ2n) is 4.50. The molecule has 3 aromatic rings. The summed E-state index contributed by atoms with van der Waals surface area (Å²) in [5, 5.41) is 0.939. The summed E-state index contributed by atoms with van der Waals surface area (Å²) in [6, 6.07) is 8.61. The first-order valence-corrected chi connectivity index (χ1v) is 5.95. The number of hydrogen-bond donors (Lipinski definition) is 0. The van der Waals surface area contributed by atoms with E-state index in [2.05, 4.69) is 4.98 Å². The normalized spacial score (nSPS) is 11.0. The number of rotatable bonds is 2. The molecule has 0 aliphatic rings. The van der Waals surface area contributed by atoms with Gasteiger partial charge in [-0.25, -0.2) is 4.98 Å². The van der Waals surface area contributed by atoms with E-state index in [1.165, 1.54) is 6.92 Å². The van der Waals surface area contributed by atoms with Crippen molar-refractivity contribution >= 4 is 27.9 Å². The van der Waals surface area contributed by atoms with Crippen molar-refractivity contribution in [3.8, 4) is 0 Å². The number of pyridine rings is 1. The van der Waals surface area contributed by atoms with E-state index in [4.69, 9.17) is 4.42 Å². The molecule has 19 heavy (non-hydrogen) atoms. The Morgan fingerprint density at radius 2 is 2.11 bits per heavy atom. The van der Waals surface area contributed by atoms with Crippen molar-refractivity contribution in [1.29, 1.82) is 0 Å². The lowest BCUT2D eigenvalue weighted by Crippen LogP contribution is -2.04. The molecule has 0 atom stereocenters. The zero-order valence-electron chi connectivity index (χ0n) is 10.3. The highest BCUT2D eigenvalue weighted by molar-refractivity contribution is 5.89. The van der Waals surface area contributed by atoms with Gasteiger partial charge < -0.3 is 4.42 Å². The van der Waals surface area contributed by atoms with Crippen LogP contribution in [0.3, 0.4) is 0 Å². The molecule has 0 bridgehead atoms. The molecule has 1 aromatic carbocycles. The lowest BCUT2D eigenvalue weighted by atomic mass is 10.1. The summed E-state index contributed by atoms with van der Waals surface area (Å²) in [6.45, 7) is 1.52. The lowest BCUT2D eigenvalue weighted by molar-refractivity contribution is -0.116. The standard InChI is InChI=1S/C15H11NO3/c1-9(17)7-10-4-5-13-12(8-10)14(18)11-3-2-6-16-15(11)19-13/h2-6,8H,7H2,1H3. The van der Waals surface area contributed by atoms with Crippen LogP contribution in [0.25, 0.3) is 22.1 Å². The molecule has 0 spiro atoms. The number of carbonyl (C=O) groups excluding carboxylic acids is 1. The Hall–Kier alpha value is -2.49. The Bertz CT molecular complexity index is 849. The maximum absolute atomic E-state index is 12.3. The highest BCUT2D eigenvalue weighted by Gasteiger charge is 2.09. The molecule has 3 rings (SSSR count). The third kappa shape index (κ3) is 2.01. The molecule has 2 aromatic heterocycles. The summed E-state index contributed by atoms with van der Waals surface area (Å²) in [5.41, 5.74) is 1.52. The second-order valence-corrected chi connectivity index (χ2v) is 4.50. The predicted molar refractivity (Wildman–Crippen MR) is 72.2 cm³/mol. The van der Waals surface area contributed by atoms with Crippen molar-refractivity contribution in [3.63, 3.8) is 0 Å². The minimum Gasteiger partial charge on any atom is -0.437 e. The van der Waals surface area contributed by atoms with Gasteiger partial charge in [-0.1, -0.05) is 6.07 Å². The molecule has 4 heteroatoms. The van der Waals surface area contributed by atoms with Gasteiger partial charge in [0.25, 0.3) is 0 Å². The summed E-state index contributed by atoms with van der Waals surface area (Å²) >= 11 is 0. The summed E-state index contributed by atoms with van der Waals surface area (Å²) in [6.07, 6.45) is 1.90. The fourth-order valence-corrected chi connectivity index (χ4v) is 2.14. The monoisotopic (exact) mass is 253 g/mol. The van der Waals surface area contributed by atoms with Gasteiger partial charge in [-0.15, -0.1) is 0 Å². The van der Waals surface area contributed by atoms with Gasteiger partial charge >= 0.3 is 0 Å². The first-order valence-electron chi connectivity index (χ1n) is 5.95. The van der Waals surface area contributed by atoms with Crippen LogP contribution in [0.1, 0.15) is 12.5 Å². The van der Waals surface area contributed by atoms with E-state index in [0.717, 1.165) is 5.56 Å². The molecule has 94 valence electrons. The van der Waals surface area contributed by atoms with Crippen LogP contribution in [0.5, 0.6) is 0 Å². The van der Waals surface area contributed by atoms with Crippen LogP contribution in [-0.4, -0.2) is 10.8 Å². The molecular weight excluding hydrogens is 242 g/mol. The highest BCUT2D eigenvalue weighted by Crippen LogP contribution is 2.18. The second kappa shape index (κ2) is 4.31. The smallest absolute Gasteiger partial charge is 0.230 e. The molecule has 0 aliphatic carbocycles. The molecule has 4 nitrogen and oxygen atoms in total. The van der Waals surface area contributed by atoms with Crippen LogP contribution in [0.15, 0.2) is 45.7 Å². The minimum atomic E-state index is -0.116. The SMILES string of the molecule is CC(=O)Cc1ccc2oc3ncccc3c(=O)c2c1. The molecule has 0 amide bonds. The predicted octanol–water partition coefficient (Wildman–Crippen LogP) is 2.47. The number of Topliss-reactive ketones (excluding diaryl/α,β-unsaturated/α-hetero) is 1. The number of fused-ring (bicyclic) bond motifs is 2. The van der Waals surface area contributed by atoms with Crippen LogP contribution < -0.4 is 5.43 Å². The van der Waals surface area contributed by atoms with Crippen molar-refractivity contribution in [2.24, 2.45) is 0 Å². The first kappa shape index (κ1) is 11.6. The van der Waals surface area contributed by atoms with Crippen LogP contribution in [0.4, 0.5) is 0 Å². The number of nitrogens with zero attached hydrogens (tertiary/aromatic N) is 1. The summed E-state index contributed by atoms with van der Waals surface area (Å²) in [4.78, 5) is 27.5. The highest BCUT2D eigenvalue weighted by atomic mass is 16.3. The van der Waals surface area contributed by atoms with Gasteiger partial charge in [-0.3, -0.25) is 9.59 Å². The van der Waals surface area contributed by atoms with Crippen LogP contribution in [0, 0.1) is 0 Å². The van der Waals surface area contributed by atoms with Gasteiger partial charge in [0.05, 0.1) is 10.8 Å². The molecule has 0 unspecified atom stereocenters.